The van der Waals surface area contributed by atoms with Crippen LogP contribution in [0, 0.1) is 11.3 Å². The van der Waals surface area contributed by atoms with Crippen molar-refractivity contribution in [3.63, 3.8) is 0 Å². The van der Waals surface area contributed by atoms with Crippen LogP contribution in [0.5, 0.6) is 5.75 Å². The van der Waals surface area contributed by atoms with Crippen molar-refractivity contribution in [1.82, 2.24) is 15.2 Å². The van der Waals surface area contributed by atoms with Gasteiger partial charge in [0.25, 0.3) is 5.91 Å². The number of nitrogens with zero attached hydrogens (tertiary/aromatic N) is 3. The van der Waals surface area contributed by atoms with Gasteiger partial charge < -0.3 is 10.1 Å². The molecular weight excluding hydrogens is 258 g/mol. The van der Waals surface area contributed by atoms with E-state index >= 15 is 0 Å². The molecule has 0 spiro atoms. The number of hydrogen-bond acceptors (Lipinski definition) is 5. The number of nitriles is 1. The second kappa shape index (κ2) is 6.33. The van der Waals surface area contributed by atoms with Crippen molar-refractivity contribution in [2.45, 2.75) is 13.3 Å². The fraction of sp³-hybridized carbons (Fsp3) is 0.231. The second-order valence-electron chi connectivity index (χ2n) is 3.88. The Hall–Kier alpha value is -2.88. The number of anilines is 1. The smallest absolute Gasteiger partial charge is 0.295 e. The van der Waals surface area contributed by atoms with Crippen LogP contribution in [0.3, 0.4) is 0 Å². The van der Waals surface area contributed by atoms with Gasteiger partial charge in [-0.3, -0.25) is 9.89 Å². The normalized spacial score (nSPS) is 9.80. The van der Waals surface area contributed by atoms with E-state index in [0.717, 1.165) is 0 Å². The van der Waals surface area contributed by atoms with Gasteiger partial charge in [-0.1, -0.05) is 6.92 Å². The first-order chi connectivity index (χ1) is 9.72. The first-order valence-electron chi connectivity index (χ1n) is 6.05. The largest absolute Gasteiger partial charge is 0.479 e. The van der Waals surface area contributed by atoms with E-state index in [1.807, 2.05) is 13.0 Å². The summed E-state index contributed by atoms with van der Waals surface area (Å²) < 4.78 is 5.11. The molecule has 102 valence electrons. The van der Waals surface area contributed by atoms with E-state index in [0.29, 0.717) is 23.7 Å². The molecule has 0 atom stereocenters. The molecule has 0 aliphatic rings. The minimum Gasteiger partial charge on any atom is -0.479 e. The van der Waals surface area contributed by atoms with E-state index in [4.69, 9.17) is 10.00 Å². The molecule has 7 nitrogen and oxygen atoms in total. The highest BCUT2D eigenvalue weighted by molar-refractivity contribution is 6.01. The zero-order valence-corrected chi connectivity index (χ0v) is 10.9. The fourth-order valence-electron chi connectivity index (χ4n) is 1.49. The van der Waals surface area contributed by atoms with E-state index in [9.17, 15) is 4.79 Å². The Morgan fingerprint density at radius 2 is 2.20 bits per heavy atom. The van der Waals surface area contributed by atoms with Crippen LogP contribution >= 0.6 is 0 Å². The number of benzene rings is 1. The van der Waals surface area contributed by atoms with Gasteiger partial charge >= 0.3 is 0 Å². The molecule has 1 amide bonds. The number of aromatic amines is 1. The number of carbonyl (C=O) groups is 1. The molecule has 0 unspecified atom stereocenters. The van der Waals surface area contributed by atoms with Gasteiger partial charge in [-0.25, -0.2) is 4.98 Å². The number of hydrogen-bond donors (Lipinski definition) is 2. The number of carbonyl (C=O) groups excluding carboxylic acids is 1. The maximum atomic E-state index is 11.9. The monoisotopic (exact) mass is 271 g/mol. The van der Waals surface area contributed by atoms with Crippen molar-refractivity contribution in [2.24, 2.45) is 0 Å². The first-order valence-corrected chi connectivity index (χ1v) is 6.05. The van der Waals surface area contributed by atoms with Gasteiger partial charge in [0.05, 0.1) is 0 Å². The highest BCUT2D eigenvalue weighted by Gasteiger charge is 2.11. The van der Waals surface area contributed by atoms with Crippen LogP contribution in [0.2, 0.25) is 0 Å². The molecule has 0 saturated carbocycles. The van der Waals surface area contributed by atoms with Crippen LogP contribution in [-0.4, -0.2) is 27.7 Å². The predicted octanol–water partition coefficient (Wildman–Crippen LogP) is 1.52. The molecule has 0 bridgehead atoms. The molecule has 2 N–H and O–H groups in total. The number of amides is 1. The lowest BCUT2D eigenvalue weighted by atomic mass is 10.3. The summed E-state index contributed by atoms with van der Waals surface area (Å²) in [5.41, 5.74) is 0.599. The zero-order valence-electron chi connectivity index (χ0n) is 10.9. The van der Waals surface area contributed by atoms with Crippen LogP contribution in [0.25, 0.3) is 0 Å². The topological polar surface area (TPSA) is 104 Å². The second-order valence-corrected chi connectivity index (χ2v) is 3.88. The number of H-pyrrole nitrogens is 1. The molecule has 1 heterocycles. The summed E-state index contributed by atoms with van der Waals surface area (Å²) in [4.78, 5) is 15.9. The van der Waals surface area contributed by atoms with Gasteiger partial charge in [0, 0.05) is 12.1 Å². The predicted molar refractivity (Wildman–Crippen MR) is 71.3 cm³/mol. The molecule has 2 aromatic rings. The summed E-state index contributed by atoms with van der Waals surface area (Å²) in [5.74, 6) is 0.949. The average molecular weight is 271 g/mol. The van der Waals surface area contributed by atoms with Gasteiger partial charge in [0.1, 0.15) is 17.6 Å². The molecule has 0 aliphatic heterocycles. The van der Waals surface area contributed by atoms with E-state index in [1.54, 1.807) is 24.3 Å². The van der Waals surface area contributed by atoms with Gasteiger partial charge in [0.15, 0.2) is 6.61 Å². The third-order valence-corrected chi connectivity index (χ3v) is 2.49. The number of rotatable bonds is 5. The van der Waals surface area contributed by atoms with Gasteiger partial charge in [0.2, 0.25) is 5.82 Å². The van der Waals surface area contributed by atoms with E-state index < -0.39 is 0 Å². The molecular formula is C13H13N5O2. The van der Waals surface area contributed by atoms with E-state index in [2.05, 4.69) is 20.5 Å². The third kappa shape index (κ3) is 3.32. The Bertz CT molecular complexity index is 627. The Morgan fingerprint density at radius 1 is 1.45 bits per heavy atom. The average Bonchev–Trinajstić information content (AvgIpc) is 2.95. The molecule has 0 fully saturated rings. The zero-order chi connectivity index (χ0) is 14.4. The van der Waals surface area contributed by atoms with Crippen LogP contribution in [0.4, 0.5) is 5.69 Å². The molecule has 7 heteroatoms. The van der Waals surface area contributed by atoms with Crippen molar-refractivity contribution < 1.29 is 9.53 Å². The minimum absolute atomic E-state index is 0.0112. The van der Waals surface area contributed by atoms with Crippen LogP contribution in [0.15, 0.2) is 24.3 Å². The molecule has 0 aliphatic carbocycles. The lowest BCUT2D eigenvalue weighted by molar-refractivity contribution is 0.101. The summed E-state index contributed by atoms with van der Waals surface area (Å²) >= 11 is 0. The van der Waals surface area contributed by atoms with Crippen molar-refractivity contribution in [2.75, 3.05) is 11.9 Å². The van der Waals surface area contributed by atoms with Crippen LogP contribution < -0.4 is 10.1 Å². The number of aryl methyl sites for hydroxylation is 1. The number of ether oxygens (including phenoxy) is 1. The van der Waals surface area contributed by atoms with E-state index in [-0.39, 0.29) is 18.3 Å². The Morgan fingerprint density at radius 3 is 2.80 bits per heavy atom. The van der Waals surface area contributed by atoms with Crippen molar-refractivity contribution in [3.05, 3.63) is 35.9 Å². The van der Waals surface area contributed by atoms with Gasteiger partial charge in [-0.2, -0.15) is 5.26 Å². The highest BCUT2D eigenvalue weighted by Crippen LogP contribution is 2.15. The quantitative estimate of drug-likeness (QED) is 0.858. The van der Waals surface area contributed by atoms with Gasteiger partial charge in [-0.05, 0) is 24.3 Å². The molecule has 1 aromatic carbocycles. The Balaban J connectivity index is 1.99. The van der Waals surface area contributed by atoms with Crippen LogP contribution in [-0.2, 0) is 6.42 Å². The lowest BCUT2D eigenvalue weighted by Gasteiger charge is -2.04. The molecule has 1 aromatic heterocycles. The van der Waals surface area contributed by atoms with E-state index in [1.165, 1.54) is 0 Å². The summed E-state index contributed by atoms with van der Waals surface area (Å²) in [6, 6.07) is 8.58. The molecule has 2 rings (SSSR count). The van der Waals surface area contributed by atoms with Gasteiger partial charge in [-0.15, -0.1) is 5.10 Å². The van der Waals surface area contributed by atoms with Crippen molar-refractivity contribution >= 4 is 11.6 Å². The minimum atomic E-state index is -0.383. The summed E-state index contributed by atoms with van der Waals surface area (Å²) in [5, 5.41) is 17.6. The van der Waals surface area contributed by atoms with Crippen molar-refractivity contribution in [3.8, 4) is 11.8 Å². The highest BCUT2D eigenvalue weighted by atomic mass is 16.5. The summed E-state index contributed by atoms with van der Waals surface area (Å²) in [6.45, 7) is 1.91. The Kier molecular flexibility index (Phi) is 4.29. The summed E-state index contributed by atoms with van der Waals surface area (Å²) in [6.07, 6.45) is 0.686. The summed E-state index contributed by atoms with van der Waals surface area (Å²) in [7, 11) is 0. The SMILES string of the molecule is CCc1nc(C(=O)Nc2ccc(OCC#N)cc2)n[nH]1. The number of aromatic nitrogens is 3. The van der Waals surface area contributed by atoms with Crippen molar-refractivity contribution in [1.29, 1.82) is 5.26 Å². The maximum absolute atomic E-state index is 11.9. The molecule has 20 heavy (non-hydrogen) atoms. The first kappa shape index (κ1) is 13.5. The van der Waals surface area contributed by atoms with Crippen LogP contribution in [0.1, 0.15) is 23.4 Å². The number of nitrogens with one attached hydrogen (secondary N) is 2. The lowest BCUT2D eigenvalue weighted by Crippen LogP contribution is -2.13. The maximum Gasteiger partial charge on any atom is 0.295 e. The standard InChI is InChI=1S/C13H13N5O2/c1-2-11-16-12(18-17-11)13(19)15-9-3-5-10(6-4-9)20-8-7-14/h3-6H,2,8H2,1H3,(H,15,19)(H,16,17,18). The fourth-order valence-corrected chi connectivity index (χ4v) is 1.49. The Labute approximate surface area is 115 Å². The molecule has 0 saturated heterocycles. The molecule has 0 radical (unpaired) electrons. The third-order valence-electron chi connectivity index (χ3n) is 2.49.